The van der Waals surface area contributed by atoms with E-state index in [-0.39, 0.29) is 0 Å². The molecule has 0 spiro atoms. The van der Waals surface area contributed by atoms with Gasteiger partial charge in [0, 0.05) is 32.2 Å². The Kier molecular flexibility index (Phi) is 6.32. The Balaban J connectivity index is 2.27. The second-order valence-electron chi connectivity index (χ2n) is 5.22. The standard InChI is InChI=1S/C13H29N3/c1-5-13-11-16(8-7-15(13)4)10-12(3)9-14-6-2/h12-14H,5-11H2,1-4H3. The Labute approximate surface area is 101 Å². The zero-order chi connectivity index (χ0) is 12.0. The quantitative estimate of drug-likeness (QED) is 0.737. The van der Waals surface area contributed by atoms with Gasteiger partial charge in [0.15, 0.2) is 0 Å². The van der Waals surface area contributed by atoms with Gasteiger partial charge in [0.2, 0.25) is 0 Å². The number of piperazine rings is 1. The molecule has 1 aliphatic heterocycles. The van der Waals surface area contributed by atoms with E-state index in [0.717, 1.165) is 25.0 Å². The Morgan fingerprint density at radius 1 is 1.31 bits per heavy atom. The number of likely N-dealkylation sites (N-methyl/N-ethyl adjacent to an activating group) is 1. The lowest BCUT2D eigenvalue weighted by atomic mass is 10.1. The van der Waals surface area contributed by atoms with Crippen LogP contribution in [0.2, 0.25) is 0 Å². The van der Waals surface area contributed by atoms with Crippen molar-refractivity contribution in [1.82, 2.24) is 15.1 Å². The molecule has 0 aromatic carbocycles. The predicted octanol–water partition coefficient (Wildman–Crippen LogP) is 1.26. The maximum atomic E-state index is 3.43. The number of rotatable bonds is 6. The van der Waals surface area contributed by atoms with Crippen LogP contribution in [0.4, 0.5) is 0 Å². The van der Waals surface area contributed by atoms with Gasteiger partial charge in [-0.15, -0.1) is 0 Å². The molecule has 1 fully saturated rings. The first-order valence-electron chi connectivity index (χ1n) is 6.80. The first kappa shape index (κ1) is 13.9. The van der Waals surface area contributed by atoms with Crippen molar-refractivity contribution in [2.45, 2.75) is 33.2 Å². The van der Waals surface area contributed by atoms with E-state index in [2.05, 4.69) is 42.9 Å². The summed E-state index contributed by atoms with van der Waals surface area (Å²) in [5.41, 5.74) is 0. The predicted molar refractivity (Wildman–Crippen MR) is 70.9 cm³/mol. The van der Waals surface area contributed by atoms with Crippen LogP contribution in [0.1, 0.15) is 27.2 Å². The highest BCUT2D eigenvalue weighted by molar-refractivity contribution is 4.80. The number of nitrogens with one attached hydrogen (secondary N) is 1. The summed E-state index contributed by atoms with van der Waals surface area (Å²) in [5, 5.41) is 3.43. The van der Waals surface area contributed by atoms with Gasteiger partial charge in [0.1, 0.15) is 0 Å². The first-order valence-corrected chi connectivity index (χ1v) is 6.80. The van der Waals surface area contributed by atoms with E-state index in [9.17, 15) is 0 Å². The van der Waals surface area contributed by atoms with Crippen molar-refractivity contribution in [3.8, 4) is 0 Å². The fourth-order valence-electron chi connectivity index (χ4n) is 2.51. The van der Waals surface area contributed by atoms with Crippen LogP contribution in [-0.4, -0.2) is 62.2 Å². The van der Waals surface area contributed by atoms with Crippen molar-refractivity contribution in [2.75, 3.05) is 46.3 Å². The Hall–Kier alpha value is -0.120. The molecule has 0 aromatic rings. The summed E-state index contributed by atoms with van der Waals surface area (Å²) in [6, 6.07) is 0.764. The normalized spacial score (nSPS) is 25.9. The molecule has 1 saturated heterocycles. The van der Waals surface area contributed by atoms with E-state index >= 15 is 0 Å². The molecule has 1 heterocycles. The molecule has 3 nitrogen and oxygen atoms in total. The third-order valence-electron chi connectivity index (χ3n) is 3.65. The second kappa shape index (κ2) is 7.25. The summed E-state index contributed by atoms with van der Waals surface area (Å²) in [6.45, 7) is 14.0. The van der Waals surface area contributed by atoms with Crippen molar-refractivity contribution < 1.29 is 0 Å². The Morgan fingerprint density at radius 2 is 2.06 bits per heavy atom. The van der Waals surface area contributed by atoms with Crippen molar-refractivity contribution >= 4 is 0 Å². The van der Waals surface area contributed by atoms with Gasteiger partial charge in [-0.25, -0.2) is 0 Å². The largest absolute Gasteiger partial charge is 0.317 e. The van der Waals surface area contributed by atoms with Crippen molar-refractivity contribution in [1.29, 1.82) is 0 Å². The topological polar surface area (TPSA) is 18.5 Å². The molecule has 2 unspecified atom stereocenters. The monoisotopic (exact) mass is 227 g/mol. The van der Waals surface area contributed by atoms with Gasteiger partial charge in [-0.1, -0.05) is 20.8 Å². The van der Waals surface area contributed by atoms with Crippen LogP contribution in [-0.2, 0) is 0 Å². The van der Waals surface area contributed by atoms with Crippen LogP contribution in [0.5, 0.6) is 0 Å². The molecule has 1 rings (SSSR count). The Morgan fingerprint density at radius 3 is 2.69 bits per heavy atom. The third kappa shape index (κ3) is 4.40. The van der Waals surface area contributed by atoms with E-state index in [1.54, 1.807) is 0 Å². The highest BCUT2D eigenvalue weighted by Gasteiger charge is 2.23. The van der Waals surface area contributed by atoms with Crippen molar-refractivity contribution in [2.24, 2.45) is 5.92 Å². The zero-order valence-electron chi connectivity index (χ0n) is 11.5. The lowest BCUT2D eigenvalue weighted by molar-refractivity contribution is 0.0834. The van der Waals surface area contributed by atoms with Gasteiger partial charge in [-0.2, -0.15) is 0 Å². The first-order chi connectivity index (χ1) is 7.67. The van der Waals surface area contributed by atoms with Gasteiger partial charge in [-0.3, -0.25) is 0 Å². The highest BCUT2D eigenvalue weighted by atomic mass is 15.3. The van der Waals surface area contributed by atoms with E-state index < -0.39 is 0 Å². The average molecular weight is 227 g/mol. The van der Waals surface area contributed by atoms with E-state index in [4.69, 9.17) is 0 Å². The molecule has 16 heavy (non-hydrogen) atoms. The average Bonchev–Trinajstić information content (AvgIpc) is 2.29. The van der Waals surface area contributed by atoms with Crippen molar-refractivity contribution in [3.05, 3.63) is 0 Å². The molecule has 1 aliphatic rings. The lowest BCUT2D eigenvalue weighted by Gasteiger charge is -2.40. The SMILES string of the molecule is CCNCC(C)CN1CCN(C)C(CC)C1. The maximum absolute atomic E-state index is 3.43. The van der Waals surface area contributed by atoms with Crippen LogP contribution in [0.25, 0.3) is 0 Å². The molecular weight excluding hydrogens is 198 g/mol. The van der Waals surface area contributed by atoms with Crippen molar-refractivity contribution in [3.63, 3.8) is 0 Å². The molecule has 0 saturated carbocycles. The van der Waals surface area contributed by atoms with Gasteiger partial charge in [0.05, 0.1) is 0 Å². The number of hydrogen-bond acceptors (Lipinski definition) is 3. The van der Waals surface area contributed by atoms with Crippen LogP contribution >= 0.6 is 0 Å². The molecule has 2 atom stereocenters. The smallest absolute Gasteiger partial charge is 0.0218 e. The lowest BCUT2D eigenvalue weighted by Crippen LogP contribution is -2.52. The molecule has 3 heteroatoms. The van der Waals surface area contributed by atoms with Gasteiger partial charge < -0.3 is 15.1 Å². The zero-order valence-corrected chi connectivity index (χ0v) is 11.5. The molecule has 0 aliphatic carbocycles. The van der Waals surface area contributed by atoms with E-state index in [1.165, 1.54) is 32.6 Å². The fourth-order valence-corrected chi connectivity index (χ4v) is 2.51. The van der Waals surface area contributed by atoms with E-state index in [1.807, 2.05) is 0 Å². The summed E-state index contributed by atoms with van der Waals surface area (Å²) < 4.78 is 0. The van der Waals surface area contributed by atoms with E-state index in [0.29, 0.717) is 0 Å². The highest BCUT2D eigenvalue weighted by Crippen LogP contribution is 2.12. The van der Waals surface area contributed by atoms with Gasteiger partial charge in [-0.05, 0) is 32.5 Å². The minimum Gasteiger partial charge on any atom is -0.317 e. The minimum absolute atomic E-state index is 0.764. The Bertz CT molecular complexity index is 184. The molecule has 0 bridgehead atoms. The molecular formula is C13H29N3. The molecule has 96 valence electrons. The molecule has 0 radical (unpaired) electrons. The summed E-state index contributed by atoms with van der Waals surface area (Å²) in [4.78, 5) is 5.14. The van der Waals surface area contributed by atoms with Crippen LogP contribution in [0.15, 0.2) is 0 Å². The maximum Gasteiger partial charge on any atom is 0.0218 e. The summed E-state index contributed by atoms with van der Waals surface area (Å²) in [5.74, 6) is 0.765. The summed E-state index contributed by atoms with van der Waals surface area (Å²) in [7, 11) is 2.26. The summed E-state index contributed by atoms with van der Waals surface area (Å²) >= 11 is 0. The fraction of sp³-hybridized carbons (Fsp3) is 1.00. The summed E-state index contributed by atoms with van der Waals surface area (Å²) in [6.07, 6.45) is 1.27. The third-order valence-corrected chi connectivity index (χ3v) is 3.65. The second-order valence-corrected chi connectivity index (χ2v) is 5.22. The number of nitrogens with zero attached hydrogens (tertiary/aromatic N) is 2. The van der Waals surface area contributed by atoms with Crippen LogP contribution < -0.4 is 5.32 Å². The molecule has 1 N–H and O–H groups in total. The van der Waals surface area contributed by atoms with Gasteiger partial charge in [0.25, 0.3) is 0 Å². The van der Waals surface area contributed by atoms with Crippen LogP contribution in [0, 0.1) is 5.92 Å². The van der Waals surface area contributed by atoms with Gasteiger partial charge >= 0.3 is 0 Å². The van der Waals surface area contributed by atoms with Crippen LogP contribution in [0.3, 0.4) is 0 Å². The minimum atomic E-state index is 0.764. The number of hydrogen-bond donors (Lipinski definition) is 1. The molecule has 0 amide bonds. The molecule has 0 aromatic heterocycles.